The molecular formula is C42H27N3. The summed E-state index contributed by atoms with van der Waals surface area (Å²) in [6.45, 7) is 0. The molecule has 3 aromatic heterocycles. The second-order valence-corrected chi connectivity index (χ2v) is 11.8. The fraction of sp³-hybridized carbons (Fsp3) is 0. The van der Waals surface area contributed by atoms with Gasteiger partial charge in [0.05, 0.1) is 27.6 Å². The summed E-state index contributed by atoms with van der Waals surface area (Å²) in [5, 5.41) is 8.83. The molecule has 210 valence electrons. The molecule has 0 saturated heterocycles. The Bertz CT molecular complexity index is 2740. The molecule has 0 bridgehead atoms. The zero-order chi connectivity index (χ0) is 29.5. The predicted molar refractivity (Wildman–Crippen MR) is 189 cm³/mol. The van der Waals surface area contributed by atoms with Crippen LogP contribution in [0.4, 0.5) is 0 Å². The molecular weight excluding hydrogens is 546 g/mol. The van der Waals surface area contributed by atoms with Gasteiger partial charge in [0, 0.05) is 55.6 Å². The van der Waals surface area contributed by atoms with Crippen molar-refractivity contribution in [1.29, 1.82) is 0 Å². The molecule has 3 heterocycles. The summed E-state index contributed by atoms with van der Waals surface area (Å²) in [6, 6.07) is 57.2. The molecule has 0 aliphatic rings. The van der Waals surface area contributed by atoms with Crippen LogP contribution in [-0.2, 0) is 0 Å². The molecule has 3 nitrogen and oxygen atoms in total. The fourth-order valence-electron chi connectivity index (χ4n) is 7.53. The van der Waals surface area contributed by atoms with Gasteiger partial charge in [-0.25, -0.2) is 0 Å². The molecule has 0 radical (unpaired) electrons. The van der Waals surface area contributed by atoms with Crippen molar-refractivity contribution in [1.82, 2.24) is 13.7 Å². The Morgan fingerprint density at radius 2 is 0.822 bits per heavy atom. The molecule has 0 spiro atoms. The third kappa shape index (κ3) is 3.41. The van der Waals surface area contributed by atoms with Crippen molar-refractivity contribution in [2.45, 2.75) is 0 Å². The molecule has 0 N–H and O–H groups in total. The van der Waals surface area contributed by atoms with E-state index in [4.69, 9.17) is 0 Å². The van der Waals surface area contributed by atoms with Gasteiger partial charge in [-0.05, 0) is 72.1 Å². The molecule has 45 heavy (non-hydrogen) atoms. The van der Waals surface area contributed by atoms with E-state index in [-0.39, 0.29) is 0 Å². The highest BCUT2D eigenvalue weighted by molar-refractivity contribution is 6.23. The fourth-order valence-corrected chi connectivity index (χ4v) is 7.53. The summed E-state index contributed by atoms with van der Waals surface area (Å²) in [6.07, 6.45) is 2.19. The Morgan fingerprint density at radius 1 is 0.289 bits per heavy atom. The van der Waals surface area contributed by atoms with Gasteiger partial charge in [-0.15, -0.1) is 0 Å². The molecule has 0 amide bonds. The van der Waals surface area contributed by atoms with Gasteiger partial charge in [-0.3, -0.25) is 0 Å². The average molecular weight is 574 g/mol. The Hall–Kier alpha value is -6.06. The number of fused-ring (bicyclic) bond motifs is 10. The van der Waals surface area contributed by atoms with Gasteiger partial charge >= 0.3 is 0 Å². The van der Waals surface area contributed by atoms with E-state index >= 15 is 0 Å². The van der Waals surface area contributed by atoms with Gasteiger partial charge in [0.15, 0.2) is 0 Å². The van der Waals surface area contributed by atoms with Crippen molar-refractivity contribution in [3.05, 3.63) is 164 Å². The van der Waals surface area contributed by atoms with Crippen molar-refractivity contribution in [2.24, 2.45) is 0 Å². The van der Waals surface area contributed by atoms with E-state index in [1.54, 1.807) is 0 Å². The maximum Gasteiger partial charge on any atom is 0.0619 e. The minimum absolute atomic E-state index is 1.17. The smallest absolute Gasteiger partial charge is 0.0619 e. The normalized spacial score (nSPS) is 12.0. The Kier molecular flexibility index (Phi) is 5.00. The van der Waals surface area contributed by atoms with Crippen LogP contribution in [0.3, 0.4) is 0 Å². The average Bonchev–Trinajstić information content (AvgIpc) is 3.79. The quantitative estimate of drug-likeness (QED) is 0.200. The molecule has 3 heteroatoms. The monoisotopic (exact) mass is 573 g/mol. The molecule has 10 aromatic rings. The predicted octanol–water partition coefficient (Wildman–Crippen LogP) is 11.0. The zero-order valence-corrected chi connectivity index (χ0v) is 24.4. The van der Waals surface area contributed by atoms with Crippen molar-refractivity contribution in [3.63, 3.8) is 0 Å². The SMILES string of the molecule is c1ccc(-n2ccc3c4ccc5c6ccccc6n(-c6ccc7c(c6)c6ccccc6n7-c6ccccc6)c5c4ccc32)cc1. The first kappa shape index (κ1) is 24.4. The minimum Gasteiger partial charge on any atom is -0.317 e. The Labute approximate surface area is 259 Å². The van der Waals surface area contributed by atoms with E-state index in [2.05, 4.69) is 178 Å². The first-order chi connectivity index (χ1) is 22.3. The number of benzene rings is 7. The second-order valence-electron chi connectivity index (χ2n) is 11.8. The van der Waals surface area contributed by atoms with Crippen molar-refractivity contribution in [3.8, 4) is 17.1 Å². The molecule has 0 saturated carbocycles. The van der Waals surface area contributed by atoms with Crippen LogP contribution in [0.1, 0.15) is 0 Å². The van der Waals surface area contributed by atoms with Gasteiger partial charge in [0.25, 0.3) is 0 Å². The van der Waals surface area contributed by atoms with Crippen LogP contribution in [0.25, 0.3) is 82.3 Å². The number of para-hydroxylation sites is 4. The van der Waals surface area contributed by atoms with Crippen molar-refractivity contribution in [2.75, 3.05) is 0 Å². The molecule has 0 aliphatic heterocycles. The van der Waals surface area contributed by atoms with E-state index in [0.717, 1.165) is 0 Å². The second kappa shape index (κ2) is 9.22. The number of hydrogen-bond acceptors (Lipinski definition) is 0. The summed E-state index contributed by atoms with van der Waals surface area (Å²) < 4.78 is 7.13. The lowest BCUT2D eigenvalue weighted by molar-refractivity contribution is 1.13. The van der Waals surface area contributed by atoms with Crippen LogP contribution in [0.5, 0.6) is 0 Å². The summed E-state index contributed by atoms with van der Waals surface area (Å²) in [7, 11) is 0. The van der Waals surface area contributed by atoms with Gasteiger partial charge in [0.2, 0.25) is 0 Å². The molecule has 7 aromatic carbocycles. The van der Waals surface area contributed by atoms with Crippen LogP contribution in [0.15, 0.2) is 164 Å². The topological polar surface area (TPSA) is 14.8 Å². The number of hydrogen-bond donors (Lipinski definition) is 0. The largest absolute Gasteiger partial charge is 0.317 e. The van der Waals surface area contributed by atoms with Gasteiger partial charge in [-0.1, -0.05) is 91.0 Å². The standard InChI is InChI=1S/C42H27N3/c1-3-11-28(12-4-1)43-26-25-34-31-20-21-36-32-15-7-10-18-40(32)45(42(36)35(31)22-24-38(34)43)30-19-23-41-37(27-30)33-16-8-9-17-39(33)44(41)29-13-5-2-6-14-29/h1-27H. The lowest BCUT2D eigenvalue weighted by Gasteiger charge is -2.12. The number of nitrogens with zero attached hydrogens (tertiary/aromatic N) is 3. The highest BCUT2D eigenvalue weighted by atomic mass is 15.0. The zero-order valence-electron chi connectivity index (χ0n) is 24.4. The van der Waals surface area contributed by atoms with Gasteiger partial charge < -0.3 is 13.7 Å². The van der Waals surface area contributed by atoms with E-state index in [1.807, 2.05) is 0 Å². The van der Waals surface area contributed by atoms with Gasteiger partial charge in [0.1, 0.15) is 0 Å². The maximum atomic E-state index is 2.47. The van der Waals surface area contributed by atoms with E-state index in [9.17, 15) is 0 Å². The summed E-state index contributed by atoms with van der Waals surface area (Å²) in [5.41, 5.74) is 9.61. The lowest BCUT2D eigenvalue weighted by Crippen LogP contribution is -1.96. The van der Waals surface area contributed by atoms with Gasteiger partial charge in [-0.2, -0.15) is 0 Å². The van der Waals surface area contributed by atoms with Crippen LogP contribution in [0.2, 0.25) is 0 Å². The highest BCUT2D eigenvalue weighted by Crippen LogP contribution is 2.41. The van der Waals surface area contributed by atoms with Crippen LogP contribution < -0.4 is 0 Å². The third-order valence-corrected chi connectivity index (χ3v) is 9.46. The highest BCUT2D eigenvalue weighted by Gasteiger charge is 2.19. The van der Waals surface area contributed by atoms with E-state index in [1.165, 1.54) is 82.3 Å². The summed E-state index contributed by atoms with van der Waals surface area (Å²) >= 11 is 0. The first-order valence-electron chi connectivity index (χ1n) is 15.5. The molecule has 0 fully saturated rings. The molecule has 0 aliphatic carbocycles. The van der Waals surface area contributed by atoms with Crippen LogP contribution >= 0.6 is 0 Å². The minimum atomic E-state index is 1.17. The summed E-state index contributed by atoms with van der Waals surface area (Å²) in [4.78, 5) is 0. The lowest BCUT2D eigenvalue weighted by atomic mass is 10.0. The van der Waals surface area contributed by atoms with E-state index in [0.29, 0.717) is 0 Å². The maximum absolute atomic E-state index is 2.47. The molecule has 0 atom stereocenters. The number of aromatic nitrogens is 3. The van der Waals surface area contributed by atoms with E-state index < -0.39 is 0 Å². The molecule has 0 unspecified atom stereocenters. The van der Waals surface area contributed by atoms with Crippen LogP contribution in [0, 0.1) is 0 Å². The van der Waals surface area contributed by atoms with Crippen molar-refractivity contribution < 1.29 is 0 Å². The third-order valence-electron chi connectivity index (χ3n) is 9.46. The summed E-state index contributed by atoms with van der Waals surface area (Å²) in [5.74, 6) is 0. The Balaban J connectivity index is 1.29. The Morgan fingerprint density at radius 3 is 1.60 bits per heavy atom. The number of rotatable bonds is 3. The first-order valence-corrected chi connectivity index (χ1v) is 15.5. The molecule has 10 rings (SSSR count). The van der Waals surface area contributed by atoms with Crippen molar-refractivity contribution >= 4 is 65.3 Å². The van der Waals surface area contributed by atoms with Crippen LogP contribution in [-0.4, -0.2) is 13.7 Å².